The summed E-state index contributed by atoms with van der Waals surface area (Å²) in [6.45, 7) is 0. The minimum absolute atomic E-state index is 0.103. The highest BCUT2D eigenvalue weighted by Crippen LogP contribution is 2.45. The van der Waals surface area contributed by atoms with Gasteiger partial charge in [0.05, 0.1) is 28.5 Å². The molecule has 1 aliphatic carbocycles. The van der Waals surface area contributed by atoms with Gasteiger partial charge in [-0.15, -0.1) is 0 Å². The van der Waals surface area contributed by atoms with Crippen LogP contribution in [0.3, 0.4) is 0 Å². The van der Waals surface area contributed by atoms with Crippen LogP contribution in [0.15, 0.2) is 120 Å². The van der Waals surface area contributed by atoms with Gasteiger partial charge < -0.3 is 9.80 Å². The van der Waals surface area contributed by atoms with Crippen molar-refractivity contribution in [3.8, 4) is 11.3 Å². The fourth-order valence-electron chi connectivity index (χ4n) is 6.77. The molecule has 0 N–H and O–H groups in total. The van der Waals surface area contributed by atoms with Gasteiger partial charge in [-0.2, -0.15) is 5.10 Å². The van der Waals surface area contributed by atoms with E-state index in [9.17, 15) is 4.79 Å². The molecule has 1 fully saturated rings. The number of rotatable bonds is 6. The van der Waals surface area contributed by atoms with Gasteiger partial charge in [0.1, 0.15) is 0 Å². The average Bonchev–Trinajstić information content (AvgIpc) is 3.49. The molecule has 6 nitrogen and oxygen atoms in total. The van der Waals surface area contributed by atoms with Crippen LogP contribution in [0.1, 0.15) is 46.8 Å². The summed E-state index contributed by atoms with van der Waals surface area (Å²) in [5, 5.41) is 7.83. The van der Waals surface area contributed by atoms with E-state index < -0.39 is 0 Å². The second kappa shape index (κ2) is 12.3. The summed E-state index contributed by atoms with van der Waals surface area (Å²) in [6.07, 6.45) is 5.23. The molecule has 0 bridgehead atoms. The summed E-state index contributed by atoms with van der Waals surface area (Å²) in [5.41, 5.74) is 9.94. The summed E-state index contributed by atoms with van der Waals surface area (Å²) in [6, 6.07) is 36.9. The van der Waals surface area contributed by atoms with E-state index in [0.717, 1.165) is 63.9 Å². The van der Waals surface area contributed by atoms with Gasteiger partial charge in [-0.05, 0) is 78.4 Å². The monoisotopic (exact) mass is 605 g/mol. The number of allylic oxidation sites excluding steroid dienone is 1. The van der Waals surface area contributed by atoms with Crippen molar-refractivity contribution in [2.45, 2.75) is 25.3 Å². The number of anilines is 2. The molecule has 0 radical (unpaired) electrons. The molecule has 0 spiro atoms. The van der Waals surface area contributed by atoms with E-state index in [0.29, 0.717) is 5.56 Å². The van der Waals surface area contributed by atoms with Crippen molar-refractivity contribution < 1.29 is 4.79 Å². The lowest BCUT2D eigenvalue weighted by molar-refractivity contribution is 0.0683. The Morgan fingerprint density at radius 3 is 2.15 bits per heavy atom. The third-order valence-corrected chi connectivity index (χ3v) is 9.23. The lowest BCUT2D eigenvalue weighted by Gasteiger charge is -2.30. The molecular weight excluding hydrogens is 566 g/mol. The molecule has 2 atom stereocenters. The first-order valence-electron chi connectivity index (χ1n) is 16.0. The molecule has 2 unspecified atom stereocenters. The van der Waals surface area contributed by atoms with Crippen molar-refractivity contribution in [1.82, 2.24) is 9.99 Å². The Morgan fingerprint density at radius 1 is 0.804 bits per heavy atom. The molecule has 7 rings (SSSR count). The predicted molar refractivity (Wildman–Crippen MR) is 190 cm³/mol. The number of pyridine rings is 1. The predicted octanol–water partition coefficient (Wildman–Crippen LogP) is 8.47. The first kappa shape index (κ1) is 29.5. The fourth-order valence-corrected chi connectivity index (χ4v) is 6.77. The van der Waals surface area contributed by atoms with E-state index in [1.54, 1.807) is 5.01 Å². The zero-order valence-electron chi connectivity index (χ0n) is 26.9. The van der Waals surface area contributed by atoms with Crippen LogP contribution < -0.4 is 9.80 Å². The van der Waals surface area contributed by atoms with Gasteiger partial charge in [0.15, 0.2) is 0 Å². The van der Waals surface area contributed by atoms with Crippen LogP contribution >= 0.6 is 0 Å². The van der Waals surface area contributed by atoms with Crippen LogP contribution in [0.25, 0.3) is 28.2 Å². The summed E-state index contributed by atoms with van der Waals surface area (Å²) >= 11 is 0. The molecule has 5 aromatic rings. The number of nitrogens with zero attached hydrogens (tertiary/aromatic N) is 5. The van der Waals surface area contributed by atoms with Crippen LogP contribution in [0, 0.1) is 5.92 Å². The van der Waals surface area contributed by atoms with Crippen LogP contribution in [0.5, 0.6) is 0 Å². The molecule has 1 aliphatic heterocycles. The lowest BCUT2D eigenvalue weighted by Crippen LogP contribution is -2.32. The van der Waals surface area contributed by atoms with Gasteiger partial charge in [0.25, 0.3) is 5.91 Å². The Kier molecular flexibility index (Phi) is 7.87. The third kappa shape index (κ3) is 5.56. The van der Waals surface area contributed by atoms with Crippen molar-refractivity contribution in [3.05, 3.63) is 131 Å². The van der Waals surface area contributed by atoms with E-state index in [1.165, 1.54) is 11.3 Å². The van der Waals surface area contributed by atoms with Crippen LogP contribution in [0.4, 0.5) is 11.4 Å². The van der Waals surface area contributed by atoms with Gasteiger partial charge >= 0.3 is 0 Å². The highest BCUT2D eigenvalue weighted by Gasteiger charge is 2.44. The largest absolute Gasteiger partial charge is 0.378 e. The molecule has 0 saturated heterocycles. The topological polar surface area (TPSA) is 52.0 Å². The smallest absolute Gasteiger partial charge is 0.275 e. The molecule has 2 aliphatic rings. The number of hydrogen-bond acceptors (Lipinski definition) is 5. The number of hydrazone groups is 1. The van der Waals surface area contributed by atoms with Crippen LogP contribution in [-0.2, 0) is 0 Å². The molecule has 1 aromatic heterocycles. The Bertz CT molecular complexity index is 1940. The quantitative estimate of drug-likeness (QED) is 0.195. The molecular formula is C40H39N5O. The standard InChI is InChI=1S/C40H39N5O/c1-43(2)31-21-17-27(18-22-31)25-30-13-10-15-34-38(30)42-45(39(34)29-19-23-32(24-20-29)44(3)4)40(46)35-26-37(28-11-6-5-7-12-28)41-36-16-9-8-14-33(35)36/h5-9,11-12,14,16-26,34,39H,10,13,15H2,1-4H3. The maximum absolute atomic E-state index is 14.9. The summed E-state index contributed by atoms with van der Waals surface area (Å²) < 4.78 is 0. The summed E-state index contributed by atoms with van der Waals surface area (Å²) in [7, 11) is 8.20. The molecule has 6 heteroatoms. The zero-order valence-corrected chi connectivity index (χ0v) is 26.9. The van der Waals surface area contributed by atoms with Gasteiger partial charge in [-0.3, -0.25) is 4.79 Å². The van der Waals surface area contributed by atoms with Crippen molar-refractivity contribution in [1.29, 1.82) is 0 Å². The van der Waals surface area contributed by atoms with Gasteiger partial charge in [0.2, 0.25) is 0 Å². The Morgan fingerprint density at radius 2 is 1.46 bits per heavy atom. The Hall–Kier alpha value is -5.23. The number of para-hydroxylation sites is 1. The molecule has 4 aromatic carbocycles. The molecule has 2 heterocycles. The highest BCUT2D eigenvalue weighted by molar-refractivity contribution is 6.12. The Balaban J connectivity index is 1.35. The second-order valence-electron chi connectivity index (χ2n) is 12.7. The minimum Gasteiger partial charge on any atom is -0.378 e. The Labute approximate surface area is 271 Å². The molecule has 46 heavy (non-hydrogen) atoms. The van der Waals surface area contributed by atoms with E-state index in [1.807, 2.05) is 74.8 Å². The van der Waals surface area contributed by atoms with E-state index in [2.05, 4.69) is 78.5 Å². The molecule has 230 valence electrons. The van der Waals surface area contributed by atoms with Gasteiger partial charge in [-0.25, -0.2) is 9.99 Å². The maximum Gasteiger partial charge on any atom is 0.275 e. The third-order valence-electron chi connectivity index (χ3n) is 9.23. The van der Waals surface area contributed by atoms with Crippen molar-refractivity contribution >= 4 is 40.0 Å². The SMILES string of the molecule is CN(C)c1ccc(C=C2CCCC3C2=NN(C(=O)c2cc(-c4ccccc4)nc4ccccc24)C3c2ccc(N(C)C)cc2)cc1. The molecule has 1 saturated carbocycles. The van der Waals surface area contributed by atoms with E-state index >= 15 is 0 Å². The summed E-state index contributed by atoms with van der Waals surface area (Å²) in [4.78, 5) is 24.0. The number of carbonyl (C=O) groups is 1. The lowest BCUT2D eigenvalue weighted by atomic mass is 9.77. The van der Waals surface area contributed by atoms with Crippen molar-refractivity contribution in [3.63, 3.8) is 0 Å². The van der Waals surface area contributed by atoms with E-state index in [4.69, 9.17) is 10.1 Å². The van der Waals surface area contributed by atoms with Crippen molar-refractivity contribution in [2.24, 2.45) is 11.0 Å². The number of carbonyl (C=O) groups excluding carboxylic acids is 1. The first-order valence-corrected chi connectivity index (χ1v) is 16.0. The normalized spacial score (nSPS) is 18.4. The van der Waals surface area contributed by atoms with Crippen LogP contribution in [-0.4, -0.2) is 49.8 Å². The van der Waals surface area contributed by atoms with Crippen molar-refractivity contribution in [2.75, 3.05) is 38.0 Å². The first-order chi connectivity index (χ1) is 22.4. The zero-order chi connectivity index (χ0) is 31.8. The van der Waals surface area contributed by atoms with Gasteiger partial charge in [0, 0.05) is 56.4 Å². The second-order valence-corrected chi connectivity index (χ2v) is 12.7. The summed E-state index contributed by atoms with van der Waals surface area (Å²) in [5.74, 6) is 0.00551. The highest BCUT2D eigenvalue weighted by atomic mass is 16.2. The van der Waals surface area contributed by atoms with Gasteiger partial charge in [-0.1, -0.05) is 72.8 Å². The minimum atomic E-state index is -0.203. The maximum atomic E-state index is 14.9. The van der Waals surface area contributed by atoms with Crippen LogP contribution in [0.2, 0.25) is 0 Å². The number of aromatic nitrogens is 1. The number of hydrogen-bond donors (Lipinski definition) is 0. The molecule has 1 amide bonds. The number of benzene rings is 4. The number of fused-ring (bicyclic) bond motifs is 2. The number of amides is 1. The fraction of sp³-hybridized carbons (Fsp3) is 0.225. The van der Waals surface area contributed by atoms with E-state index in [-0.39, 0.29) is 17.9 Å². The average molecular weight is 606 g/mol.